The van der Waals surface area contributed by atoms with Crippen LogP contribution in [0.15, 0.2) is 12.3 Å². The molecule has 1 fully saturated rings. The molecule has 0 spiro atoms. The Balaban J connectivity index is 1.96. The molecule has 1 heterocycles. The van der Waals surface area contributed by atoms with Crippen molar-refractivity contribution in [3.05, 3.63) is 23.6 Å². The van der Waals surface area contributed by atoms with Crippen LogP contribution in [0.1, 0.15) is 43.5 Å². The highest BCUT2D eigenvalue weighted by Gasteiger charge is 2.22. The van der Waals surface area contributed by atoms with Gasteiger partial charge in [0.15, 0.2) is 11.6 Å². The normalized spacial score (nSPS) is 21.8. The van der Waals surface area contributed by atoms with E-state index in [0.29, 0.717) is 19.0 Å². The van der Waals surface area contributed by atoms with Crippen LogP contribution in [-0.4, -0.2) is 24.0 Å². The summed E-state index contributed by atoms with van der Waals surface area (Å²) in [6, 6.07) is 1.42. The molecule has 0 saturated heterocycles. The molecule has 2 N–H and O–H groups in total. The number of anilines is 1. The maximum Gasteiger partial charge on any atom is 0.254 e. The van der Waals surface area contributed by atoms with Crippen molar-refractivity contribution in [2.24, 2.45) is 11.8 Å². The first-order chi connectivity index (χ1) is 9.61. The largest absolute Gasteiger partial charge is 0.368 e. The Hall–Kier alpha value is -1.65. The first-order valence-electron chi connectivity index (χ1n) is 7.28. The van der Waals surface area contributed by atoms with Crippen LogP contribution in [0.25, 0.3) is 0 Å². The molecule has 1 amide bonds. The SMILES string of the molecule is CCNc1nccc(C(=O)NCC2CCC(C)C2)c1F. The molecule has 1 aliphatic rings. The molecule has 0 bridgehead atoms. The molecule has 20 heavy (non-hydrogen) atoms. The van der Waals surface area contributed by atoms with E-state index in [2.05, 4.69) is 22.5 Å². The smallest absolute Gasteiger partial charge is 0.254 e. The Bertz CT molecular complexity index is 478. The minimum absolute atomic E-state index is 0.0574. The van der Waals surface area contributed by atoms with E-state index in [1.165, 1.54) is 18.7 Å². The van der Waals surface area contributed by atoms with Crippen molar-refractivity contribution in [2.45, 2.75) is 33.1 Å². The standard InChI is InChI=1S/C15H22FN3O/c1-3-17-14-13(16)12(6-7-18-14)15(20)19-9-11-5-4-10(2)8-11/h6-7,10-11H,3-5,8-9H2,1-2H3,(H,17,18)(H,19,20). The number of nitrogens with one attached hydrogen (secondary N) is 2. The predicted molar refractivity (Wildman–Crippen MR) is 77.2 cm³/mol. The summed E-state index contributed by atoms with van der Waals surface area (Å²) in [5.74, 6) is 0.451. The van der Waals surface area contributed by atoms with E-state index in [4.69, 9.17) is 0 Å². The Labute approximate surface area is 119 Å². The number of amides is 1. The van der Waals surface area contributed by atoms with Gasteiger partial charge in [-0.3, -0.25) is 4.79 Å². The third kappa shape index (κ3) is 3.46. The molecule has 110 valence electrons. The van der Waals surface area contributed by atoms with Gasteiger partial charge in [0.05, 0.1) is 5.56 Å². The Morgan fingerprint density at radius 3 is 2.95 bits per heavy atom. The van der Waals surface area contributed by atoms with Crippen LogP contribution in [0.5, 0.6) is 0 Å². The zero-order valence-electron chi connectivity index (χ0n) is 12.1. The maximum absolute atomic E-state index is 14.1. The molecule has 1 saturated carbocycles. The maximum atomic E-state index is 14.1. The highest BCUT2D eigenvalue weighted by Crippen LogP contribution is 2.29. The second-order valence-electron chi connectivity index (χ2n) is 5.55. The third-order valence-corrected chi connectivity index (χ3v) is 3.83. The lowest BCUT2D eigenvalue weighted by Crippen LogP contribution is -2.29. The second kappa shape index (κ2) is 6.68. The van der Waals surface area contributed by atoms with E-state index in [1.54, 1.807) is 0 Å². The fraction of sp³-hybridized carbons (Fsp3) is 0.600. The van der Waals surface area contributed by atoms with Crippen molar-refractivity contribution in [1.82, 2.24) is 10.3 Å². The molecule has 1 aromatic heterocycles. The lowest BCUT2D eigenvalue weighted by molar-refractivity contribution is 0.0943. The average molecular weight is 279 g/mol. The van der Waals surface area contributed by atoms with Crippen molar-refractivity contribution in [3.63, 3.8) is 0 Å². The van der Waals surface area contributed by atoms with Gasteiger partial charge in [0.25, 0.3) is 5.91 Å². The summed E-state index contributed by atoms with van der Waals surface area (Å²) in [6.45, 7) is 5.28. The fourth-order valence-electron chi connectivity index (χ4n) is 2.75. The summed E-state index contributed by atoms with van der Waals surface area (Å²) in [5, 5.41) is 5.65. The summed E-state index contributed by atoms with van der Waals surface area (Å²) in [4.78, 5) is 15.9. The molecule has 2 rings (SSSR count). The highest BCUT2D eigenvalue weighted by molar-refractivity contribution is 5.95. The van der Waals surface area contributed by atoms with Gasteiger partial charge in [0.1, 0.15) is 0 Å². The lowest BCUT2D eigenvalue weighted by atomic mass is 10.1. The third-order valence-electron chi connectivity index (χ3n) is 3.83. The molecule has 1 aliphatic carbocycles. The quantitative estimate of drug-likeness (QED) is 0.871. The number of rotatable bonds is 5. The topological polar surface area (TPSA) is 54.0 Å². The van der Waals surface area contributed by atoms with Crippen molar-refractivity contribution in [3.8, 4) is 0 Å². The van der Waals surface area contributed by atoms with Gasteiger partial charge >= 0.3 is 0 Å². The molecule has 4 nitrogen and oxygen atoms in total. The van der Waals surface area contributed by atoms with Crippen LogP contribution in [-0.2, 0) is 0 Å². The van der Waals surface area contributed by atoms with E-state index >= 15 is 0 Å². The number of carbonyl (C=O) groups excluding carboxylic acids is 1. The van der Waals surface area contributed by atoms with Crippen LogP contribution in [0.4, 0.5) is 10.2 Å². The van der Waals surface area contributed by atoms with Crippen molar-refractivity contribution in [2.75, 3.05) is 18.4 Å². The zero-order valence-corrected chi connectivity index (χ0v) is 12.1. The van der Waals surface area contributed by atoms with Gasteiger partial charge in [-0.15, -0.1) is 0 Å². The van der Waals surface area contributed by atoms with Gasteiger partial charge in [-0.05, 0) is 37.7 Å². The Kier molecular flexibility index (Phi) is 4.93. The summed E-state index contributed by atoms with van der Waals surface area (Å²) < 4.78 is 14.1. The van der Waals surface area contributed by atoms with Gasteiger partial charge in [0.2, 0.25) is 0 Å². The van der Waals surface area contributed by atoms with E-state index in [-0.39, 0.29) is 17.3 Å². The Morgan fingerprint density at radius 1 is 1.50 bits per heavy atom. The summed E-state index contributed by atoms with van der Waals surface area (Å²) in [7, 11) is 0. The average Bonchev–Trinajstić information content (AvgIpc) is 2.84. The molecule has 0 aliphatic heterocycles. The summed E-state index contributed by atoms with van der Waals surface area (Å²) in [5.41, 5.74) is 0.0574. The summed E-state index contributed by atoms with van der Waals surface area (Å²) in [6.07, 6.45) is 4.95. The van der Waals surface area contributed by atoms with E-state index in [1.807, 2.05) is 6.92 Å². The van der Waals surface area contributed by atoms with Gasteiger partial charge in [0, 0.05) is 19.3 Å². The highest BCUT2D eigenvalue weighted by atomic mass is 19.1. The van der Waals surface area contributed by atoms with E-state index in [9.17, 15) is 9.18 Å². The van der Waals surface area contributed by atoms with Crippen LogP contribution in [0, 0.1) is 17.7 Å². The van der Waals surface area contributed by atoms with Crippen LogP contribution in [0.3, 0.4) is 0 Å². The first-order valence-corrected chi connectivity index (χ1v) is 7.28. The van der Waals surface area contributed by atoms with E-state index < -0.39 is 5.82 Å². The predicted octanol–water partition coefficient (Wildman–Crippen LogP) is 2.82. The molecule has 2 atom stereocenters. The van der Waals surface area contributed by atoms with Gasteiger partial charge in [-0.1, -0.05) is 13.3 Å². The number of pyridine rings is 1. The van der Waals surface area contributed by atoms with Crippen LogP contribution in [0.2, 0.25) is 0 Å². The van der Waals surface area contributed by atoms with Crippen LogP contribution >= 0.6 is 0 Å². The van der Waals surface area contributed by atoms with Crippen molar-refractivity contribution in [1.29, 1.82) is 0 Å². The molecular formula is C15H22FN3O. The molecule has 5 heteroatoms. The first kappa shape index (κ1) is 14.8. The molecule has 1 aromatic rings. The number of hydrogen-bond acceptors (Lipinski definition) is 3. The Morgan fingerprint density at radius 2 is 2.30 bits per heavy atom. The number of carbonyl (C=O) groups is 1. The second-order valence-corrected chi connectivity index (χ2v) is 5.55. The van der Waals surface area contributed by atoms with Gasteiger partial charge < -0.3 is 10.6 Å². The number of halogens is 1. The minimum Gasteiger partial charge on any atom is -0.368 e. The molecular weight excluding hydrogens is 257 g/mol. The van der Waals surface area contributed by atoms with Crippen molar-refractivity contribution >= 4 is 11.7 Å². The fourth-order valence-corrected chi connectivity index (χ4v) is 2.75. The van der Waals surface area contributed by atoms with Gasteiger partial charge in [-0.25, -0.2) is 9.37 Å². The molecule has 2 unspecified atom stereocenters. The lowest BCUT2D eigenvalue weighted by Gasteiger charge is -2.12. The number of hydrogen-bond donors (Lipinski definition) is 2. The molecule has 0 aromatic carbocycles. The zero-order chi connectivity index (χ0) is 14.5. The van der Waals surface area contributed by atoms with E-state index in [0.717, 1.165) is 18.8 Å². The monoisotopic (exact) mass is 279 g/mol. The molecule has 0 radical (unpaired) electrons. The van der Waals surface area contributed by atoms with Crippen molar-refractivity contribution < 1.29 is 9.18 Å². The van der Waals surface area contributed by atoms with Gasteiger partial charge in [-0.2, -0.15) is 0 Å². The number of aromatic nitrogens is 1. The number of nitrogens with zero attached hydrogens (tertiary/aromatic N) is 1. The summed E-state index contributed by atoms with van der Waals surface area (Å²) >= 11 is 0. The van der Waals surface area contributed by atoms with Crippen LogP contribution < -0.4 is 10.6 Å². The minimum atomic E-state index is -0.577.